The molecule has 2 heterocycles. The number of aliphatic hydroxyl groups is 1. The van der Waals surface area contributed by atoms with Gasteiger partial charge >= 0.3 is 0 Å². The number of rotatable bonds is 3. The minimum atomic E-state index is -0.144. The average molecular weight is 224 g/mol. The van der Waals surface area contributed by atoms with Crippen molar-refractivity contribution in [2.75, 3.05) is 25.4 Å². The van der Waals surface area contributed by atoms with E-state index in [1.54, 1.807) is 15.8 Å². The Hall–Kier alpha value is -1.56. The van der Waals surface area contributed by atoms with Crippen LogP contribution in [0.4, 0.5) is 5.69 Å². The Morgan fingerprint density at radius 2 is 2.38 bits per heavy atom. The Kier molecular flexibility index (Phi) is 2.82. The molecule has 0 unspecified atom stereocenters. The van der Waals surface area contributed by atoms with Crippen molar-refractivity contribution in [2.45, 2.75) is 13.5 Å². The third-order valence-electron chi connectivity index (χ3n) is 2.82. The number of nitrogens with zero attached hydrogens (tertiary/aromatic N) is 3. The van der Waals surface area contributed by atoms with Gasteiger partial charge in [-0.25, -0.2) is 0 Å². The molecule has 0 aliphatic carbocycles. The summed E-state index contributed by atoms with van der Waals surface area (Å²) in [5.74, 6) is 0.0628. The van der Waals surface area contributed by atoms with Crippen LogP contribution >= 0.6 is 0 Å². The summed E-state index contributed by atoms with van der Waals surface area (Å²) in [6, 6.07) is 0. The van der Waals surface area contributed by atoms with E-state index in [1.807, 2.05) is 6.92 Å². The van der Waals surface area contributed by atoms with E-state index in [9.17, 15) is 4.79 Å². The number of nitrogen functional groups attached to an aromatic ring is 1. The van der Waals surface area contributed by atoms with E-state index >= 15 is 0 Å². The summed E-state index contributed by atoms with van der Waals surface area (Å²) >= 11 is 0. The van der Waals surface area contributed by atoms with Gasteiger partial charge in [0.15, 0.2) is 5.69 Å². The van der Waals surface area contributed by atoms with Gasteiger partial charge in [-0.2, -0.15) is 5.10 Å². The summed E-state index contributed by atoms with van der Waals surface area (Å²) in [7, 11) is 0. The number of likely N-dealkylation sites (tertiary alicyclic amines) is 1. The zero-order valence-electron chi connectivity index (χ0n) is 9.26. The van der Waals surface area contributed by atoms with Crippen LogP contribution < -0.4 is 5.73 Å². The van der Waals surface area contributed by atoms with E-state index < -0.39 is 0 Å². The molecule has 1 aromatic heterocycles. The third-order valence-corrected chi connectivity index (χ3v) is 2.82. The molecule has 0 atom stereocenters. The molecule has 2 rings (SSSR count). The lowest BCUT2D eigenvalue weighted by Gasteiger charge is -2.37. The van der Waals surface area contributed by atoms with E-state index in [-0.39, 0.29) is 18.4 Å². The van der Waals surface area contributed by atoms with Gasteiger partial charge in [-0.3, -0.25) is 9.48 Å². The molecule has 6 heteroatoms. The molecule has 3 N–H and O–H groups in total. The second-order valence-electron chi connectivity index (χ2n) is 4.05. The van der Waals surface area contributed by atoms with Crippen LogP contribution in [0.25, 0.3) is 0 Å². The second kappa shape index (κ2) is 4.13. The number of amides is 1. The van der Waals surface area contributed by atoms with Crippen molar-refractivity contribution in [1.29, 1.82) is 0 Å². The largest absolute Gasteiger partial charge is 0.396 e. The minimum absolute atomic E-state index is 0.128. The molecule has 1 aliphatic rings. The molecule has 0 aromatic carbocycles. The van der Waals surface area contributed by atoms with Crippen LogP contribution in [0.1, 0.15) is 17.4 Å². The van der Waals surface area contributed by atoms with Crippen LogP contribution in [0, 0.1) is 5.92 Å². The van der Waals surface area contributed by atoms with Gasteiger partial charge in [0.05, 0.1) is 5.69 Å². The van der Waals surface area contributed by atoms with E-state index in [4.69, 9.17) is 10.8 Å². The number of nitrogens with two attached hydrogens (primary N) is 1. The highest BCUT2D eigenvalue weighted by molar-refractivity contribution is 5.97. The van der Waals surface area contributed by atoms with Crippen LogP contribution in [0.15, 0.2) is 6.20 Å². The molecule has 1 aromatic rings. The van der Waals surface area contributed by atoms with Gasteiger partial charge in [-0.15, -0.1) is 0 Å². The lowest BCUT2D eigenvalue weighted by Crippen LogP contribution is -2.51. The molecule has 6 nitrogen and oxygen atoms in total. The average Bonchev–Trinajstić information content (AvgIpc) is 2.58. The van der Waals surface area contributed by atoms with E-state index in [0.717, 1.165) is 0 Å². The van der Waals surface area contributed by atoms with Gasteiger partial charge in [0.25, 0.3) is 5.91 Å². The monoisotopic (exact) mass is 224 g/mol. The van der Waals surface area contributed by atoms with Crippen molar-refractivity contribution in [2.24, 2.45) is 5.92 Å². The van der Waals surface area contributed by atoms with Crippen LogP contribution in [0.3, 0.4) is 0 Å². The van der Waals surface area contributed by atoms with Crippen molar-refractivity contribution >= 4 is 11.6 Å². The van der Waals surface area contributed by atoms with Gasteiger partial charge in [-0.05, 0) is 6.92 Å². The predicted molar refractivity (Wildman–Crippen MR) is 58.8 cm³/mol. The van der Waals surface area contributed by atoms with E-state index in [0.29, 0.717) is 31.0 Å². The van der Waals surface area contributed by atoms with Crippen molar-refractivity contribution in [3.8, 4) is 0 Å². The number of carbonyl (C=O) groups excluding carboxylic acids is 1. The molecule has 1 fully saturated rings. The maximum absolute atomic E-state index is 11.9. The molecule has 88 valence electrons. The Morgan fingerprint density at radius 1 is 1.69 bits per heavy atom. The normalized spacial score (nSPS) is 16.2. The summed E-state index contributed by atoms with van der Waals surface area (Å²) < 4.78 is 1.64. The third kappa shape index (κ3) is 1.76. The first kappa shape index (κ1) is 10.9. The molecular weight excluding hydrogens is 208 g/mol. The second-order valence-corrected chi connectivity index (χ2v) is 4.05. The lowest BCUT2D eigenvalue weighted by atomic mass is 10.0. The maximum Gasteiger partial charge on any atom is 0.276 e. The Balaban J connectivity index is 2.07. The van der Waals surface area contributed by atoms with E-state index in [1.165, 1.54) is 0 Å². The van der Waals surface area contributed by atoms with Gasteiger partial charge in [0.2, 0.25) is 0 Å². The Bertz CT molecular complexity index is 396. The molecule has 0 saturated carbocycles. The molecule has 16 heavy (non-hydrogen) atoms. The van der Waals surface area contributed by atoms with Crippen molar-refractivity contribution < 1.29 is 9.90 Å². The zero-order valence-corrected chi connectivity index (χ0v) is 9.26. The molecular formula is C10H16N4O2. The van der Waals surface area contributed by atoms with Crippen molar-refractivity contribution in [3.63, 3.8) is 0 Å². The molecule has 0 bridgehead atoms. The predicted octanol–water partition coefficient (Wildman–Crippen LogP) is -0.451. The number of aromatic nitrogens is 2. The molecule has 1 amide bonds. The van der Waals surface area contributed by atoms with E-state index in [2.05, 4.69) is 5.10 Å². The summed E-state index contributed by atoms with van der Waals surface area (Å²) in [4.78, 5) is 13.6. The maximum atomic E-state index is 11.9. The highest BCUT2D eigenvalue weighted by Gasteiger charge is 2.32. The Labute approximate surface area is 93.6 Å². The smallest absolute Gasteiger partial charge is 0.276 e. The van der Waals surface area contributed by atoms with Gasteiger partial charge in [-0.1, -0.05) is 0 Å². The quantitative estimate of drug-likeness (QED) is 0.728. The summed E-state index contributed by atoms with van der Waals surface area (Å²) in [6.07, 6.45) is 1.66. The fourth-order valence-electron chi connectivity index (χ4n) is 1.77. The highest BCUT2D eigenvalue weighted by Crippen LogP contribution is 2.20. The number of aliphatic hydroxyl groups excluding tert-OH is 1. The number of aryl methyl sites for hydroxylation is 1. The first-order chi connectivity index (χ1) is 7.65. The summed E-state index contributed by atoms with van der Waals surface area (Å²) in [5, 5.41) is 13.0. The number of anilines is 1. The standard InChI is InChI=1S/C10H16N4O2/c1-2-14-5-8(11)9(12-14)10(16)13-3-7(4-13)6-15/h5,7,15H,2-4,6,11H2,1H3. The van der Waals surface area contributed by atoms with Crippen molar-refractivity contribution in [1.82, 2.24) is 14.7 Å². The number of hydrogen-bond acceptors (Lipinski definition) is 4. The van der Waals surface area contributed by atoms with Crippen molar-refractivity contribution in [3.05, 3.63) is 11.9 Å². The number of hydrogen-bond donors (Lipinski definition) is 2. The molecule has 1 saturated heterocycles. The van der Waals surface area contributed by atoms with Crippen LogP contribution in [0.5, 0.6) is 0 Å². The topological polar surface area (TPSA) is 84.4 Å². The molecule has 1 aliphatic heterocycles. The summed E-state index contributed by atoms with van der Waals surface area (Å²) in [6.45, 7) is 3.94. The SMILES string of the molecule is CCn1cc(N)c(C(=O)N2CC(CO)C2)n1. The first-order valence-electron chi connectivity index (χ1n) is 5.38. The van der Waals surface area contributed by atoms with Crippen LogP contribution in [0.2, 0.25) is 0 Å². The van der Waals surface area contributed by atoms with Gasteiger partial charge < -0.3 is 15.7 Å². The first-order valence-corrected chi connectivity index (χ1v) is 5.38. The van der Waals surface area contributed by atoms with Gasteiger partial charge in [0, 0.05) is 38.4 Å². The van der Waals surface area contributed by atoms with Crippen LogP contribution in [-0.2, 0) is 6.54 Å². The minimum Gasteiger partial charge on any atom is -0.396 e. The fraction of sp³-hybridized carbons (Fsp3) is 0.600. The van der Waals surface area contributed by atoms with Crippen LogP contribution in [-0.4, -0.2) is 45.4 Å². The fourth-order valence-corrected chi connectivity index (χ4v) is 1.77. The highest BCUT2D eigenvalue weighted by atomic mass is 16.3. The lowest BCUT2D eigenvalue weighted by molar-refractivity contribution is 0.0357. The number of carbonyl (C=O) groups is 1. The Morgan fingerprint density at radius 3 is 2.88 bits per heavy atom. The zero-order chi connectivity index (χ0) is 11.7. The van der Waals surface area contributed by atoms with Gasteiger partial charge in [0.1, 0.15) is 0 Å². The molecule has 0 radical (unpaired) electrons. The summed E-state index contributed by atoms with van der Waals surface area (Å²) in [5.41, 5.74) is 6.46. The molecule has 0 spiro atoms.